The van der Waals surface area contributed by atoms with Gasteiger partial charge in [0.2, 0.25) is 5.91 Å². The summed E-state index contributed by atoms with van der Waals surface area (Å²) in [4.78, 5) is 28.3. The van der Waals surface area contributed by atoms with E-state index in [1.54, 1.807) is 0 Å². The van der Waals surface area contributed by atoms with Crippen LogP contribution < -0.4 is 5.32 Å². The van der Waals surface area contributed by atoms with Gasteiger partial charge in [0, 0.05) is 51.4 Å². The number of halogens is 1. The van der Waals surface area contributed by atoms with Crippen LogP contribution in [-0.4, -0.2) is 66.1 Å². The number of nitrogens with zero attached hydrogens (tertiary/aromatic N) is 2. The van der Waals surface area contributed by atoms with Crippen LogP contribution in [0.5, 0.6) is 0 Å². The van der Waals surface area contributed by atoms with Crippen molar-refractivity contribution in [2.75, 3.05) is 44.6 Å². The zero-order valence-corrected chi connectivity index (χ0v) is 17.4. The Morgan fingerprint density at radius 3 is 2.29 bits per heavy atom. The fourth-order valence-corrected chi connectivity index (χ4v) is 3.57. The van der Waals surface area contributed by atoms with Gasteiger partial charge >= 0.3 is 5.97 Å². The molecule has 1 amide bonds. The molecule has 1 aliphatic rings. The third-order valence-electron chi connectivity index (χ3n) is 5.33. The molecule has 31 heavy (non-hydrogen) atoms. The molecule has 1 fully saturated rings. The summed E-state index contributed by atoms with van der Waals surface area (Å²) in [5.41, 5.74) is 1.62. The number of rotatable bonds is 9. The first kappa shape index (κ1) is 22.7. The average molecular weight is 426 g/mol. The van der Waals surface area contributed by atoms with Crippen molar-refractivity contribution in [1.82, 2.24) is 9.80 Å². The van der Waals surface area contributed by atoms with Crippen LogP contribution in [0.1, 0.15) is 12.0 Å². The number of carbonyl (C=O) groups is 2. The lowest BCUT2D eigenvalue weighted by Gasteiger charge is -2.35. The van der Waals surface area contributed by atoms with E-state index in [0.717, 1.165) is 32.7 Å². The van der Waals surface area contributed by atoms with Gasteiger partial charge in [-0.25, -0.2) is 4.39 Å². The number of aliphatic carboxylic acids is 1. The van der Waals surface area contributed by atoms with Gasteiger partial charge in [0.15, 0.2) is 0 Å². The van der Waals surface area contributed by atoms with Gasteiger partial charge in [0.1, 0.15) is 5.82 Å². The van der Waals surface area contributed by atoms with E-state index in [0.29, 0.717) is 12.2 Å². The Morgan fingerprint density at radius 1 is 1.00 bits per heavy atom. The van der Waals surface area contributed by atoms with Crippen molar-refractivity contribution in [3.05, 3.63) is 72.1 Å². The van der Waals surface area contributed by atoms with Crippen molar-refractivity contribution < 1.29 is 19.1 Å². The highest BCUT2D eigenvalue weighted by Gasteiger charge is 2.26. The minimum Gasteiger partial charge on any atom is -0.481 e. The molecule has 164 valence electrons. The zero-order valence-electron chi connectivity index (χ0n) is 17.4. The average Bonchev–Trinajstić information content (AvgIpc) is 2.77. The maximum Gasteiger partial charge on any atom is 0.308 e. The summed E-state index contributed by atoms with van der Waals surface area (Å²) in [5.74, 6) is -2.55. The van der Waals surface area contributed by atoms with Crippen molar-refractivity contribution >= 4 is 23.6 Å². The van der Waals surface area contributed by atoms with Crippen molar-refractivity contribution in [1.29, 1.82) is 0 Å². The summed E-state index contributed by atoms with van der Waals surface area (Å²) in [5, 5.41) is 12.2. The lowest BCUT2D eigenvalue weighted by molar-refractivity contribution is -0.144. The minimum absolute atomic E-state index is 0.118. The van der Waals surface area contributed by atoms with E-state index in [1.165, 1.54) is 29.8 Å². The fourth-order valence-electron chi connectivity index (χ4n) is 3.57. The summed E-state index contributed by atoms with van der Waals surface area (Å²) >= 11 is 0. The van der Waals surface area contributed by atoms with Crippen LogP contribution in [-0.2, 0) is 9.59 Å². The van der Waals surface area contributed by atoms with Gasteiger partial charge in [-0.2, -0.15) is 0 Å². The summed E-state index contributed by atoms with van der Waals surface area (Å²) < 4.78 is 13.0. The Morgan fingerprint density at radius 2 is 1.65 bits per heavy atom. The highest BCUT2D eigenvalue weighted by atomic mass is 19.1. The molecule has 0 saturated carbocycles. The molecule has 0 aliphatic carbocycles. The number of amides is 1. The van der Waals surface area contributed by atoms with Gasteiger partial charge in [-0.15, -0.1) is 0 Å². The normalized spacial score (nSPS) is 16.3. The molecule has 0 aromatic heterocycles. The molecule has 3 rings (SSSR count). The van der Waals surface area contributed by atoms with Gasteiger partial charge in [-0.1, -0.05) is 42.5 Å². The van der Waals surface area contributed by atoms with Gasteiger partial charge in [-0.05, 0) is 29.8 Å². The summed E-state index contributed by atoms with van der Waals surface area (Å²) in [7, 11) is 0. The first-order valence-corrected chi connectivity index (χ1v) is 10.4. The molecule has 2 aromatic rings. The predicted molar refractivity (Wildman–Crippen MR) is 119 cm³/mol. The van der Waals surface area contributed by atoms with E-state index in [1.807, 2.05) is 18.2 Å². The Hall–Kier alpha value is -3.03. The number of carbonyl (C=O) groups excluding carboxylic acids is 1. The van der Waals surface area contributed by atoms with Crippen LogP contribution in [0.4, 0.5) is 10.1 Å². The summed E-state index contributed by atoms with van der Waals surface area (Å²) in [6.45, 7) is 4.43. The molecule has 1 saturated heterocycles. The van der Waals surface area contributed by atoms with E-state index < -0.39 is 17.7 Å². The second-order valence-corrected chi connectivity index (χ2v) is 7.71. The van der Waals surface area contributed by atoms with Crippen molar-refractivity contribution in [2.45, 2.75) is 6.42 Å². The molecular weight excluding hydrogens is 397 g/mol. The Balaban J connectivity index is 1.42. The van der Waals surface area contributed by atoms with Crippen LogP contribution in [0.25, 0.3) is 6.08 Å². The van der Waals surface area contributed by atoms with Crippen LogP contribution >= 0.6 is 0 Å². The molecule has 1 atom stereocenters. The maximum atomic E-state index is 13.0. The van der Waals surface area contributed by atoms with Crippen molar-refractivity contribution in [3.63, 3.8) is 0 Å². The fraction of sp³-hybridized carbons (Fsp3) is 0.333. The van der Waals surface area contributed by atoms with Crippen molar-refractivity contribution in [2.24, 2.45) is 5.92 Å². The number of carboxylic acid groups (broad SMARTS) is 1. The monoisotopic (exact) mass is 425 g/mol. The largest absolute Gasteiger partial charge is 0.481 e. The molecule has 2 aromatic carbocycles. The number of nitrogens with one attached hydrogen (secondary N) is 1. The quantitative estimate of drug-likeness (QED) is 0.646. The van der Waals surface area contributed by atoms with Gasteiger partial charge < -0.3 is 10.4 Å². The van der Waals surface area contributed by atoms with E-state index in [2.05, 4.69) is 39.4 Å². The van der Waals surface area contributed by atoms with Crippen molar-refractivity contribution in [3.8, 4) is 0 Å². The van der Waals surface area contributed by atoms with Gasteiger partial charge in [0.05, 0.1) is 5.92 Å². The predicted octanol–water partition coefficient (Wildman–Crippen LogP) is 3.19. The number of hydrogen-bond acceptors (Lipinski definition) is 4. The number of piperazine rings is 1. The van der Waals surface area contributed by atoms with Gasteiger partial charge in [0.25, 0.3) is 0 Å². The molecule has 0 bridgehead atoms. The third-order valence-corrected chi connectivity index (χ3v) is 5.33. The molecule has 6 nitrogen and oxygen atoms in total. The number of benzene rings is 2. The van der Waals surface area contributed by atoms with E-state index in [4.69, 9.17) is 0 Å². The smallest absolute Gasteiger partial charge is 0.308 e. The molecule has 2 N–H and O–H groups in total. The first-order chi connectivity index (χ1) is 15.0. The lowest BCUT2D eigenvalue weighted by atomic mass is 10.0. The van der Waals surface area contributed by atoms with Crippen LogP contribution in [0, 0.1) is 11.7 Å². The van der Waals surface area contributed by atoms with Crippen LogP contribution in [0.15, 0.2) is 60.7 Å². The highest BCUT2D eigenvalue weighted by Crippen LogP contribution is 2.14. The molecule has 1 aliphatic heterocycles. The molecular formula is C24H28FN3O3. The Bertz CT molecular complexity index is 879. The molecule has 0 radical (unpaired) electrons. The molecule has 0 spiro atoms. The Labute approximate surface area is 182 Å². The Kier molecular flexibility index (Phi) is 8.32. The second-order valence-electron chi connectivity index (χ2n) is 7.71. The topological polar surface area (TPSA) is 72.9 Å². The number of carboxylic acids is 1. The number of hydrogen-bond donors (Lipinski definition) is 2. The maximum absolute atomic E-state index is 13.0. The molecule has 7 heteroatoms. The summed E-state index contributed by atoms with van der Waals surface area (Å²) in [6.07, 6.45) is 4.13. The SMILES string of the molecule is O=C(C[C@H](CN1CCN(C/C=C/c2ccccc2)CC1)C(=O)O)Nc1ccc(F)cc1. The van der Waals surface area contributed by atoms with E-state index in [9.17, 15) is 19.1 Å². The number of anilines is 1. The molecule has 0 unspecified atom stereocenters. The van der Waals surface area contributed by atoms with E-state index >= 15 is 0 Å². The summed E-state index contributed by atoms with van der Waals surface area (Å²) in [6, 6.07) is 15.5. The first-order valence-electron chi connectivity index (χ1n) is 10.4. The zero-order chi connectivity index (χ0) is 22.1. The second kappa shape index (κ2) is 11.4. The lowest BCUT2D eigenvalue weighted by Crippen LogP contribution is -2.48. The highest BCUT2D eigenvalue weighted by molar-refractivity contribution is 5.93. The third kappa shape index (κ3) is 7.62. The van der Waals surface area contributed by atoms with E-state index in [-0.39, 0.29) is 12.3 Å². The van der Waals surface area contributed by atoms with Crippen LogP contribution in [0.2, 0.25) is 0 Å². The standard InChI is InChI=1S/C24H28FN3O3/c25-21-8-10-22(11-9-21)26-23(29)17-20(24(30)31)18-28-15-13-27(14-16-28)12-4-7-19-5-2-1-3-6-19/h1-11,20H,12-18H2,(H,26,29)(H,30,31)/b7-4+/t20-/m1/s1. The molecule has 1 heterocycles. The minimum atomic E-state index is -0.984. The van der Waals surface area contributed by atoms with Gasteiger partial charge in [-0.3, -0.25) is 19.4 Å². The van der Waals surface area contributed by atoms with Crippen LogP contribution in [0.3, 0.4) is 0 Å².